The maximum atomic E-state index is 10.9. The smallest absolute Gasteiger partial charge is 0.305 e. The summed E-state index contributed by atoms with van der Waals surface area (Å²) in [5, 5.41) is 0. The average molecular weight is 171 g/mol. The summed E-state index contributed by atoms with van der Waals surface area (Å²) in [5.41, 5.74) is 0. The monoisotopic (exact) mass is 171 g/mol. The van der Waals surface area contributed by atoms with E-state index in [-0.39, 0.29) is 11.9 Å². The highest BCUT2D eigenvalue weighted by atomic mass is 16.5. The molecule has 1 rings (SSSR count). The van der Waals surface area contributed by atoms with E-state index in [0.717, 1.165) is 0 Å². The molecule has 1 fully saturated rings. The molecule has 0 aromatic carbocycles. The highest BCUT2D eigenvalue weighted by Crippen LogP contribution is 2.02. The number of hydrogen-bond acceptors (Lipinski definition) is 3. The average Bonchev–Trinajstić information content (AvgIpc) is 1.95. The van der Waals surface area contributed by atoms with Gasteiger partial charge in [0.05, 0.1) is 6.54 Å². The van der Waals surface area contributed by atoms with Gasteiger partial charge >= 0.3 is 5.97 Å². The van der Waals surface area contributed by atoms with Crippen LogP contribution in [-0.2, 0) is 14.3 Å². The third kappa shape index (κ3) is 2.53. The zero-order chi connectivity index (χ0) is 8.97. The van der Waals surface area contributed by atoms with Crippen molar-refractivity contribution in [1.29, 1.82) is 0 Å². The van der Waals surface area contributed by atoms with Crippen molar-refractivity contribution in [3.63, 3.8) is 0 Å². The molecule has 0 aromatic rings. The first kappa shape index (κ1) is 9.03. The predicted molar refractivity (Wildman–Crippen MR) is 42.4 cm³/mol. The van der Waals surface area contributed by atoms with Crippen molar-refractivity contribution in [3.8, 4) is 0 Å². The highest BCUT2D eigenvalue weighted by Gasteiger charge is 2.13. The van der Waals surface area contributed by atoms with Crippen molar-refractivity contribution in [2.45, 2.75) is 19.8 Å². The van der Waals surface area contributed by atoms with E-state index in [9.17, 15) is 9.59 Å². The van der Waals surface area contributed by atoms with Crippen molar-refractivity contribution in [2.24, 2.45) is 0 Å². The van der Waals surface area contributed by atoms with Gasteiger partial charge in [-0.25, -0.2) is 0 Å². The zero-order valence-electron chi connectivity index (χ0n) is 7.21. The quantitative estimate of drug-likeness (QED) is 0.488. The molecule has 1 aliphatic rings. The van der Waals surface area contributed by atoms with E-state index in [1.54, 1.807) is 4.90 Å². The molecule has 0 bridgehead atoms. The highest BCUT2D eigenvalue weighted by molar-refractivity contribution is 5.74. The summed E-state index contributed by atoms with van der Waals surface area (Å²) in [7, 11) is 0. The number of hydrogen-bond donors (Lipinski definition) is 0. The predicted octanol–water partition coefficient (Wildman–Crippen LogP) is 0.172. The van der Waals surface area contributed by atoms with E-state index < -0.39 is 0 Å². The number of ether oxygens (including phenoxy) is 1. The third-order valence-corrected chi connectivity index (χ3v) is 1.88. The van der Waals surface area contributed by atoms with Gasteiger partial charge in [0.1, 0.15) is 6.61 Å². The van der Waals surface area contributed by atoms with Crippen LogP contribution in [0.4, 0.5) is 0 Å². The van der Waals surface area contributed by atoms with Crippen molar-refractivity contribution >= 4 is 11.9 Å². The summed E-state index contributed by atoms with van der Waals surface area (Å²) in [4.78, 5) is 23.4. The van der Waals surface area contributed by atoms with Crippen molar-refractivity contribution in [2.75, 3.05) is 19.7 Å². The van der Waals surface area contributed by atoms with Crippen LogP contribution in [0.3, 0.4) is 0 Å². The lowest BCUT2D eigenvalue weighted by Gasteiger charge is -2.22. The van der Waals surface area contributed by atoms with Crippen LogP contribution >= 0.6 is 0 Å². The third-order valence-electron chi connectivity index (χ3n) is 1.88. The van der Waals surface area contributed by atoms with Gasteiger partial charge < -0.3 is 9.64 Å². The minimum absolute atomic E-state index is 0.0490. The van der Waals surface area contributed by atoms with E-state index in [1.165, 1.54) is 6.92 Å². The van der Waals surface area contributed by atoms with Gasteiger partial charge in [-0.05, 0) is 6.42 Å². The van der Waals surface area contributed by atoms with Crippen LogP contribution in [0, 0.1) is 0 Å². The normalized spacial score (nSPS) is 19.4. The second-order valence-electron chi connectivity index (χ2n) is 2.83. The topological polar surface area (TPSA) is 46.6 Å². The van der Waals surface area contributed by atoms with Crippen LogP contribution in [0.5, 0.6) is 0 Å². The fourth-order valence-corrected chi connectivity index (χ4v) is 1.18. The summed E-state index contributed by atoms with van der Waals surface area (Å²) in [6, 6.07) is 0. The van der Waals surface area contributed by atoms with Crippen molar-refractivity contribution < 1.29 is 14.3 Å². The molecular weight excluding hydrogens is 158 g/mol. The van der Waals surface area contributed by atoms with Crippen LogP contribution in [0.15, 0.2) is 0 Å². The molecule has 0 aromatic heterocycles. The van der Waals surface area contributed by atoms with E-state index in [4.69, 9.17) is 4.74 Å². The molecule has 1 heterocycles. The molecule has 0 radical (unpaired) electrons. The van der Waals surface area contributed by atoms with Crippen LogP contribution in [0.25, 0.3) is 0 Å². The first-order valence-corrected chi connectivity index (χ1v) is 4.11. The zero-order valence-corrected chi connectivity index (χ0v) is 7.21. The molecule has 0 saturated carbocycles. The van der Waals surface area contributed by atoms with Gasteiger partial charge in [0.25, 0.3) is 0 Å². The lowest BCUT2D eigenvalue weighted by molar-refractivity contribution is -0.147. The van der Waals surface area contributed by atoms with Gasteiger partial charge in [-0.2, -0.15) is 0 Å². The summed E-state index contributed by atoms with van der Waals surface area (Å²) >= 11 is 0. The molecule has 0 aliphatic carbocycles. The molecular formula is C8H13NO3. The minimum atomic E-state index is -0.154. The SMILES string of the molecule is CC(=O)N1CCCC(=O)OCC1. The number of amides is 1. The van der Waals surface area contributed by atoms with Crippen LogP contribution in [0.2, 0.25) is 0 Å². The van der Waals surface area contributed by atoms with Gasteiger partial charge in [-0.1, -0.05) is 0 Å². The van der Waals surface area contributed by atoms with E-state index in [1.807, 2.05) is 0 Å². The Hall–Kier alpha value is -1.06. The number of cyclic esters (lactones) is 1. The Kier molecular flexibility index (Phi) is 3.08. The number of carbonyl (C=O) groups is 2. The molecule has 12 heavy (non-hydrogen) atoms. The fourth-order valence-electron chi connectivity index (χ4n) is 1.18. The molecule has 1 aliphatic heterocycles. The van der Waals surface area contributed by atoms with E-state index >= 15 is 0 Å². The van der Waals surface area contributed by atoms with Crippen LogP contribution in [0.1, 0.15) is 19.8 Å². The largest absolute Gasteiger partial charge is 0.464 e. The van der Waals surface area contributed by atoms with Crippen molar-refractivity contribution in [3.05, 3.63) is 0 Å². The number of esters is 1. The van der Waals surface area contributed by atoms with Gasteiger partial charge in [-0.15, -0.1) is 0 Å². The molecule has 1 amide bonds. The number of nitrogens with zero attached hydrogens (tertiary/aromatic N) is 1. The number of rotatable bonds is 0. The van der Waals surface area contributed by atoms with Gasteiger partial charge in [0, 0.05) is 19.9 Å². The van der Waals surface area contributed by atoms with E-state index in [2.05, 4.69) is 0 Å². The van der Waals surface area contributed by atoms with Gasteiger partial charge in [0.15, 0.2) is 0 Å². The molecule has 0 unspecified atom stereocenters. The van der Waals surface area contributed by atoms with E-state index in [0.29, 0.717) is 32.5 Å². The molecule has 0 spiro atoms. The van der Waals surface area contributed by atoms with Gasteiger partial charge in [-0.3, -0.25) is 9.59 Å². The molecule has 1 saturated heterocycles. The summed E-state index contributed by atoms with van der Waals surface area (Å²) < 4.78 is 4.83. The Morgan fingerprint density at radius 1 is 1.50 bits per heavy atom. The Morgan fingerprint density at radius 2 is 2.25 bits per heavy atom. The van der Waals surface area contributed by atoms with Crippen LogP contribution in [-0.4, -0.2) is 36.5 Å². The molecule has 68 valence electrons. The Morgan fingerprint density at radius 3 is 2.92 bits per heavy atom. The number of carbonyl (C=O) groups excluding carboxylic acids is 2. The maximum Gasteiger partial charge on any atom is 0.305 e. The maximum absolute atomic E-state index is 10.9. The summed E-state index contributed by atoms with van der Waals surface area (Å²) in [5.74, 6) is -0.105. The standard InChI is InChI=1S/C8H13NO3/c1-7(10)9-4-2-3-8(11)12-6-5-9/h2-6H2,1H3. The summed E-state index contributed by atoms with van der Waals surface area (Å²) in [6.45, 7) is 3.06. The molecule has 4 heteroatoms. The Balaban J connectivity index is 2.40. The minimum Gasteiger partial charge on any atom is -0.464 e. The molecule has 4 nitrogen and oxygen atoms in total. The Labute approximate surface area is 71.5 Å². The van der Waals surface area contributed by atoms with Gasteiger partial charge in [0.2, 0.25) is 5.91 Å². The molecule has 0 atom stereocenters. The Bertz CT molecular complexity index is 179. The lowest BCUT2D eigenvalue weighted by Crippen LogP contribution is -2.35. The second-order valence-corrected chi connectivity index (χ2v) is 2.83. The molecule has 0 N–H and O–H groups in total. The first-order chi connectivity index (χ1) is 5.70. The summed E-state index contributed by atoms with van der Waals surface area (Å²) in [6.07, 6.45) is 1.13. The fraction of sp³-hybridized carbons (Fsp3) is 0.750. The van der Waals surface area contributed by atoms with Crippen LogP contribution < -0.4 is 0 Å². The van der Waals surface area contributed by atoms with Crippen molar-refractivity contribution in [1.82, 2.24) is 4.90 Å². The lowest BCUT2D eigenvalue weighted by atomic mass is 10.2. The second kappa shape index (κ2) is 4.09. The first-order valence-electron chi connectivity index (χ1n) is 4.11.